The fourth-order valence-electron chi connectivity index (χ4n) is 2.61. The Morgan fingerprint density at radius 2 is 1.69 bits per heavy atom. The van der Waals surface area contributed by atoms with Gasteiger partial charge in [0.1, 0.15) is 22.2 Å². The van der Waals surface area contributed by atoms with Crippen LogP contribution in [0, 0.1) is 6.92 Å². The van der Waals surface area contributed by atoms with Crippen LogP contribution in [0.25, 0.3) is 0 Å². The molecule has 0 spiro atoms. The maximum Gasteiger partial charge on any atom is 0.343 e. The third kappa shape index (κ3) is 4.94. The molecule has 3 rings (SSSR count). The zero-order chi connectivity index (χ0) is 21.0. The Labute approximate surface area is 173 Å². The van der Waals surface area contributed by atoms with Crippen LogP contribution >= 0.6 is 11.6 Å². The Morgan fingerprint density at radius 1 is 1.07 bits per heavy atom. The van der Waals surface area contributed by atoms with Crippen molar-refractivity contribution < 1.29 is 19.1 Å². The van der Waals surface area contributed by atoms with Crippen molar-refractivity contribution in [2.45, 2.75) is 20.0 Å². The van der Waals surface area contributed by atoms with E-state index < -0.39 is 18.0 Å². The molecule has 29 heavy (non-hydrogen) atoms. The van der Waals surface area contributed by atoms with Crippen LogP contribution in [0.3, 0.4) is 0 Å². The van der Waals surface area contributed by atoms with Crippen LogP contribution in [0.5, 0.6) is 11.5 Å². The smallest absolute Gasteiger partial charge is 0.343 e. The van der Waals surface area contributed by atoms with Crippen molar-refractivity contribution in [3.63, 3.8) is 0 Å². The summed E-state index contributed by atoms with van der Waals surface area (Å²) in [5, 5.41) is 6.92. The molecule has 1 N–H and O–H groups in total. The minimum absolute atomic E-state index is 0.149. The number of halogens is 1. The van der Waals surface area contributed by atoms with Gasteiger partial charge >= 0.3 is 5.97 Å². The normalized spacial score (nSPS) is 11.6. The van der Waals surface area contributed by atoms with E-state index in [2.05, 4.69) is 10.4 Å². The number of amides is 1. The van der Waals surface area contributed by atoms with Crippen molar-refractivity contribution in [1.82, 2.24) is 9.78 Å². The molecule has 1 aromatic heterocycles. The number of hydrogen-bond acceptors (Lipinski definition) is 5. The number of benzene rings is 2. The number of anilines is 1. The third-order valence-corrected chi connectivity index (χ3v) is 4.54. The molecule has 3 aromatic rings. The molecule has 8 heteroatoms. The first-order chi connectivity index (χ1) is 13.8. The van der Waals surface area contributed by atoms with Gasteiger partial charge in [-0.15, -0.1) is 0 Å². The van der Waals surface area contributed by atoms with E-state index in [1.165, 1.54) is 11.6 Å². The van der Waals surface area contributed by atoms with Gasteiger partial charge in [-0.3, -0.25) is 9.48 Å². The highest BCUT2D eigenvalue weighted by Gasteiger charge is 2.25. The summed E-state index contributed by atoms with van der Waals surface area (Å²) in [5.41, 5.74) is 1.13. The van der Waals surface area contributed by atoms with Gasteiger partial charge in [0.05, 0.1) is 5.69 Å². The number of nitrogens with one attached hydrogen (secondary N) is 1. The average molecular weight is 414 g/mol. The largest absolute Gasteiger partial charge is 0.457 e. The molecule has 1 amide bonds. The number of ether oxygens (including phenoxy) is 2. The van der Waals surface area contributed by atoms with Gasteiger partial charge in [-0.2, -0.15) is 5.10 Å². The molecule has 1 heterocycles. The highest BCUT2D eigenvalue weighted by Crippen LogP contribution is 2.23. The maximum atomic E-state index is 12.4. The molecule has 0 aliphatic rings. The predicted octanol–water partition coefficient (Wildman–Crippen LogP) is 4.36. The van der Waals surface area contributed by atoms with Crippen LogP contribution < -0.4 is 10.1 Å². The van der Waals surface area contributed by atoms with Crippen LogP contribution in [0.15, 0.2) is 54.6 Å². The van der Waals surface area contributed by atoms with Crippen molar-refractivity contribution in [1.29, 1.82) is 0 Å². The number of hydrogen-bond donors (Lipinski definition) is 1. The van der Waals surface area contributed by atoms with E-state index in [0.717, 1.165) is 0 Å². The summed E-state index contributed by atoms with van der Waals surface area (Å²) in [7, 11) is 1.62. The molecule has 0 aliphatic carbocycles. The molecule has 150 valence electrons. The summed E-state index contributed by atoms with van der Waals surface area (Å²) in [6.07, 6.45) is -1.02. The van der Waals surface area contributed by atoms with E-state index in [4.69, 9.17) is 21.1 Å². The van der Waals surface area contributed by atoms with Crippen molar-refractivity contribution >= 4 is 29.2 Å². The maximum absolute atomic E-state index is 12.4. The van der Waals surface area contributed by atoms with Gasteiger partial charge in [0.25, 0.3) is 5.91 Å². The molecule has 1 unspecified atom stereocenters. The van der Waals surface area contributed by atoms with E-state index in [9.17, 15) is 9.59 Å². The van der Waals surface area contributed by atoms with Crippen LogP contribution in [0.2, 0.25) is 5.15 Å². The van der Waals surface area contributed by atoms with E-state index >= 15 is 0 Å². The first-order valence-corrected chi connectivity index (χ1v) is 9.27. The topological polar surface area (TPSA) is 82.5 Å². The van der Waals surface area contributed by atoms with Gasteiger partial charge in [0.15, 0.2) is 6.10 Å². The van der Waals surface area contributed by atoms with E-state index in [-0.39, 0.29) is 10.7 Å². The Hall–Kier alpha value is -3.32. The van der Waals surface area contributed by atoms with Crippen LogP contribution in [0.1, 0.15) is 23.0 Å². The van der Waals surface area contributed by atoms with Gasteiger partial charge in [-0.25, -0.2) is 4.79 Å². The molecule has 1 atom stereocenters. The molecule has 0 fully saturated rings. The zero-order valence-electron chi connectivity index (χ0n) is 16.2. The van der Waals surface area contributed by atoms with Crippen LogP contribution in [-0.2, 0) is 16.6 Å². The van der Waals surface area contributed by atoms with Gasteiger partial charge in [-0.1, -0.05) is 29.8 Å². The lowest BCUT2D eigenvalue weighted by molar-refractivity contribution is -0.123. The lowest BCUT2D eigenvalue weighted by atomic mass is 10.2. The highest BCUT2D eigenvalue weighted by molar-refractivity contribution is 6.32. The summed E-state index contributed by atoms with van der Waals surface area (Å²) in [6, 6.07) is 16.2. The fraction of sp³-hybridized carbons (Fsp3) is 0.190. The third-order valence-electron chi connectivity index (χ3n) is 4.11. The number of esters is 1. The number of aromatic nitrogens is 2. The molecule has 0 saturated heterocycles. The summed E-state index contributed by atoms with van der Waals surface area (Å²) < 4.78 is 12.3. The van der Waals surface area contributed by atoms with Gasteiger partial charge < -0.3 is 14.8 Å². The Kier molecular flexibility index (Phi) is 6.19. The summed E-state index contributed by atoms with van der Waals surface area (Å²) >= 11 is 6.06. The molecule has 0 radical (unpaired) electrons. The monoisotopic (exact) mass is 413 g/mol. The molecule has 0 bridgehead atoms. The molecule has 0 aliphatic heterocycles. The van der Waals surface area contributed by atoms with Gasteiger partial charge in [0, 0.05) is 12.7 Å². The number of aryl methyl sites for hydroxylation is 2. The number of rotatable bonds is 6. The zero-order valence-corrected chi connectivity index (χ0v) is 16.9. The average Bonchev–Trinajstić information content (AvgIpc) is 2.95. The predicted molar refractivity (Wildman–Crippen MR) is 109 cm³/mol. The minimum atomic E-state index is -1.02. The van der Waals surface area contributed by atoms with Gasteiger partial charge in [0.2, 0.25) is 0 Å². The minimum Gasteiger partial charge on any atom is -0.457 e. The SMILES string of the molecule is Cc1nn(C)c(Cl)c1C(=O)OC(C)C(=O)Nc1ccc(Oc2ccccc2)cc1. The van der Waals surface area contributed by atoms with Crippen LogP contribution in [-0.4, -0.2) is 27.8 Å². The van der Waals surface area contributed by atoms with Gasteiger partial charge in [-0.05, 0) is 50.2 Å². The Bertz CT molecular complexity index is 1020. The number of carbonyl (C=O) groups is 2. The summed E-state index contributed by atoms with van der Waals surface area (Å²) in [5.74, 6) is 0.187. The number of nitrogens with zero attached hydrogens (tertiary/aromatic N) is 2. The van der Waals surface area contributed by atoms with Crippen LogP contribution in [0.4, 0.5) is 5.69 Å². The van der Waals surface area contributed by atoms with E-state index in [0.29, 0.717) is 22.9 Å². The molecule has 0 saturated carbocycles. The van der Waals surface area contributed by atoms with Crippen molar-refractivity contribution in [3.05, 3.63) is 71.0 Å². The Balaban J connectivity index is 1.58. The number of carbonyl (C=O) groups excluding carboxylic acids is 2. The lowest BCUT2D eigenvalue weighted by Crippen LogP contribution is -2.30. The summed E-state index contributed by atoms with van der Waals surface area (Å²) in [6.45, 7) is 3.13. The van der Waals surface area contributed by atoms with E-state index in [1.807, 2.05) is 30.3 Å². The Morgan fingerprint density at radius 3 is 2.28 bits per heavy atom. The fourth-order valence-corrected chi connectivity index (χ4v) is 2.86. The van der Waals surface area contributed by atoms with Crippen molar-refractivity contribution in [2.24, 2.45) is 7.05 Å². The molecule has 7 nitrogen and oxygen atoms in total. The van der Waals surface area contributed by atoms with E-state index in [1.54, 1.807) is 38.2 Å². The molecule has 2 aromatic carbocycles. The summed E-state index contributed by atoms with van der Waals surface area (Å²) in [4.78, 5) is 24.7. The molecular formula is C21H20ClN3O4. The first kappa shape index (κ1) is 20.4. The second kappa shape index (κ2) is 8.79. The van der Waals surface area contributed by atoms with Crippen molar-refractivity contribution in [2.75, 3.05) is 5.32 Å². The second-order valence-corrected chi connectivity index (χ2v) is 6.71. The number of para-hydroxylation sites is 1. The first-order valence-electron chi connectivity index (χ1n) is 8.89. The second-order valence-electron chi connectivity index (χ2n) is 6.35. The highest BCUT2D eigenvalue weighted by atomic mass is 35.5. The standard InChI is InChI=1S/C21H20ClN3O4/c1-13-18(19(22)25(3)24-13)21(27)28-14(2)20(26)23-15-9-11-17(12-10-15)29-16-7-5-4-6-8-16/h4-12,14H,1-3H3,(H,23,26). The quantitative estimate of drug-likeness (QED) is 0.607. The van der Waals surface area contributed by atoms with Crippen molar-refractivity contribution in [3.8, 4) is 11.5 Å². The molecular weight excluding hydrogens is 394 g/mol. The lowest BCUT2D eigenvalue weighted by Gasteiger charge is -2.14.